The normalized spacial score (nSPS) is 29.5. The third kappa shape index (κ3) is 7.89. The molecule has 254 valence electrons. The van der Waals surface area contributed by atoms with Crippen molar-refractivity contribution in [2.45, 2.75) is 113 Å². The Balaban J connectivity index is 1.27. The number of rotatable bonds is 7. The third-order valence-corrected chi connectivity index (χ3v) is 12.0. The van der Waals surface area contributed by atoms with Crippen LogP contribution in [0.15, 0.2) is 48.7 Å². The van der Waals surface area contributed by atoms with E-state index in [1.54, 1.807) is 11.1 Å². The number of ether oxygens (including phenoxy) is 1. The van der Waals surface area contributed by atoms with Gasteiger partial charge in [-0.1, -0.05) is 66.7 Å². The first kappa shape index (κ1) is 33.6. The number of carbonyl (C=O) groups is 3. The van der Waals surface area contributed by atoms with Gasteiger partial charge in [0, 0.05) is 25.1 Å². The quantitative estimate of drug-likeness (QED) is 0.365. The maximum absolute atomic E-state index is 14.4. The lowest BCUT2D eigenvalue weighted by molar-refractivity contribution is -0.140. The van der Waals surface area contributed by atoms with E-state index in [0.29, 0.717) is 30.8 Å². The second kappa shape index (κ2) is 13.3. The Hall–Kier alpha value is -3.29. The first-order chi connectivity index (χ1) is 22.3. The smallest absolute Gasteiger partial charge is 0.259 e. The minimum Gasteiger partial charge on any atom is -0.371 e. The van der Waals surface area contributed by atoms with Crippen LogP contribution in [-0.4, -0.2) is 77.1 Å². The largest absolute Gasteiger partial charge is 0.371 e. The van der Waals surface area contributed by atoms with Crippen LogP contribution in [-0.2, 0) is 29.1 Å². The molecule has 3 N–H and O–H groups in total. The summed E-state index contributed by atoms with van der Waals surface area (Å²) in [4.78, 5) is 49.2. The average Bonchev–Trinajstić information content (AvgIpc) is 3.90. The molecule has 6 rings (SSSR count). The second-order valence-electron chi connectivity index (χ2n) is 14.2. The van der Waals surface area contributed by atoms with E-state index in [1.807, 2.05) is 63.3 Å². The Morgan fingerprint density at radius 3 is 2.60 bits per heavy atom. The van der Waals surface area contributed by atoms with Crippen LogP contribution in [0.2, 0.25) is 0 Å². The molecule has 2 aromatic rings. The molecule has 0 unspecified atom stereocenters. The third-order valence-electron chi connectivity index (χ3n) is 9.22. The van der Waals surface area contributed by atoms with Crippen molar-refractivity contribution in [2.75, 3.05) is 11.9 Å². The van der Waals surface area contributed by atoms with Gasteiger partial charge in [0.25, 0.3) is 5.91 Å². The SMILES string of the molecule is CC(C)(C)O[C@@H]1C[C@H]2C(=O)N[C@@]3(C(=O)NS(=O)(=O)C4CC4)C[C@@H]3/C=C\CCCCC[C@H](Nc3ncc(-c4ccccc4)s3)C(=O)N2C1. The molecule has 2 saturated carbocycles. The minimum atomic E-state index is -3.81. The van der Waals surface area contributed by atoms with Crippen molar-refractivity contribution < 1.29 is 27.5 Å². The van der Waals surface area contributed by atoms with E-state index >= 15 is 0 Å². The number of fused-ring (bicyclic) bond motifs is 2. The molecule has 11 nitrogen and oxygen atoms in total. The molecule has 1 aromatic heterocycles. The molecule has 5 atom stereocenters. The monoisotopic (exact) mass is 683 g/mol. The Morgan fingerprint density at radius 1 is 1.11 bits per heavy atom. The fraction of sp³-hybridized carbons (Fsp3) is 0.588. The number of allylic oxidation sites excluding steroid dienone is 1. The molecular weight excluding hydrogens is 639 g/mol. The van der Waals surface area contributed by atoms with E-state index in [4.69, 9.17) is 4.74 Å². The summed E-state index contributed by atoms with van der Waals surface area (Å²) in [5, 5.41) is 6.37. The van der Waals surface area contributed by atoms with Gasteiger partial charge in [0.2, 0.25) is 21.8 Å². The zero-order valence-corrected chi connectivity index (χ0v) is 28.9. The van der Waals surface area contributed by atoms with Crippen LogP contribution in [0, 0.1) is 5.92 Å². The number of thiazole rings is 1. The fourth-order valence-corrected chi connectivity index (χ4v) is 8.81. The summed E-state index contributed by atoms with van der Waals surface area (Å²) < 4.78 is 34.0. The van der Waals surface area contributed by atoms with E-state index in [-0.39, 0.29) is 24.8 Å². The number of benzene rings is 1. The van der Waals surface area contributed by atoms with Crippen molar-refractivity contribution >= 4 is 44.2 Å². The van der Waals surface area contributed by atoms with Crippen LogP contribution in [0.4, 0.5) is 5.13 Å². The van der Waals surface area contributed by atoms with Gasteiger partial charge < -0.3 is 20.3 Å². The van der Waals surface area contributed by atoms with Gasteiger partial charge in [-0.3, -0.25) is 19.1 Å². The number of carbonyl (C=O) groups excluding carboxylic acids is 3. The number of nitrogens with zero attached hydrogens (tertiary/aromatic N) is 2. The predicted octanol–water partition coefficient (Wildman–Crippen LogP) is 4.38. The van der Waals surface area contributed by atoms with Gasteiger partial charge in [0.05, 0.1) is 21.8 Å². The van der Waals surface area contributed by atoms with Gasteiger partial charge in [-0.15, -0.1) is 0 Å². The number of hydrogen-bond donors (Lipinski definition) is 3. The summed E-state index contributed by atoms with van der Waals surface area (Å²) in [6.45, 7) is 6.02. The molecular formula is C34H45N5O6S2. The molecule has 47 heavy (non-hydrogen) atoms. The molecule has 0 radical (unpaired) electrons. The van der Waals surface area contributed by atoms with Gasteiger partial charge in [-0.25, -0.2) is 13.4 Å². The molecule has 1 saturated heterocycles. The summed E-state index contributed by atoms with van der Waals surface area (Å²) in [6.07, 6.45) is 10.9. The van der Waals surface area contributed by atoms with Crippen molar-refractivity contribution in [1.82, 2.24) is 19.9 Å². The molecule has 2 aliphatic heterocycles. The number of sulfonamides is 1. The summed E-state index contributed by atoms with van der Waals surface area (Å²) in [5.41, 5.74) is -0.849. The highest BCUT2D eigenvalue weighted by Crippen LogP contribution is 2.46. The highest BCUT2D eigenvalue weighted by molar-refractivity contribution is 7.91. The number of anilines is 1. The average molecular weight is 684 g/mol. The van der Waals surface area contributed by atoms with Gasteiger partial charge in [-0.2, -0.15) is 0 Å². The van der Waals surface area contributed by atoms with Crippen molar-refractivity contribution in [3.8, 4) is 10.4 Å². The molecule has 0 spiro atoms. The lowest BCUT2D eigenvalue weighted by Gasteiger charge is -2.30. The molecule has 0 bridgehead atoms. The molecule has 13 heteroatoms. The van der Waals surface area contributed by atoms with E-state index < -0.39 is 56.4 Å². The van der Waals surface area contributed by atoms with Crippen molar-refractivity contribution in [3.05, 3.63) is 48.7 Å². The summed E-state index contributed by atoms with van der Waals surface area (Å²) in [5.74, 6) is -1.76. The maximum atomic E-state index is 14.4. The van der Waals surface area contributed by atoms with E-state index in [1.165, 1.54) is 11.3 Å². The molecule has 3 fully saturated rings. The highest BCUT2D eigenvalue weighted by Gasteiger charge is 2.62. The topological polar surface area (TPSA) is 147 Å². The highest BCUT2D eigenvalue weighted by atomic mass is 32.2. The molecule has 1 aromatic carbocycles. The lowest BCUT2D eigenvalue weighted by atomic mass is 10.1. The minimum absolute atomic E-state index is 0.220. The van der Waals surface area contributed by atoms with Crippen LogP contribution in [0.5, 0.6) is 0 Å². The van der Waals surface area contributed by atoms with E-state index in [9.17, 15) is 22.8 Å². The van der Waals surface area contributed by atoms with Gasteiger partial charge >= 0.3 is 0 Å². The van der Waals surface area contributed by atoms with Crippen molar-refractivity contribution in [1.29, 1.82) is 0 Å². The van der Waals surface area contributed by atoms with Crippen LogP contribution in [0.3, 0.4) is 0 Å². The lowest BCUT2D eigenvalue weighted by Crippen LogP contribution is -2.57. The summed E-state index contributed by atoms with van der Waals surface area (Å²) in [7, 11) is -3.81. The molecule has 3 heterocycles. The Morgan fingerprint density at radius 2 is 1.87 bits per heavy atom. The summed E-state index contributed by atoms with van der Waals surface area (Å²) >= 11 is 1.47. The standard InChI is InChI=1S/C34H45N5O6S2/c1-33(2,3)45-24-18-27-29(40)37-34(31(42)38-47(43,44)25-16-17-25)19-23(34)14-10-5-4-6-11-15-26(30(41)39(27)21-24)36-32-35-20-28(46-32)22-12-8-7-9-13-22/h7-10,12-14,20,23-27H,4-6,11,15-19,21H2,1-3H3,(H,35,36)(H,37,40)(H,38,42)/b14-10-/t23-,24+,26-,27-,34-/m0/s1. The first-order valence-electron chi connectivity index (χ1n) is 16.7. The fourth-order valence-electron chi connectivity index (χ4n) is 6.57. The van der Waals surface area contributed by atoms with E-state index in [2.05, 4.69) is 20.3 Å². The van der Waals surface area contributed by atoms with Gasteiger partial charge in [0.15, 0.2) is 5.13 Å². The molecule has 3 amide bonds. The zero-order chi connectivity index (χ0) is 33.4. The van der Waals surface area contributed by atoms with E-state index in [0.717, 1.165) is 36.1 Å². The second-order valence-corrected chi connectivity index (χ2v) is 17.2. The van der Waals surface area contributed by atoms with Crippen molar-refractivity contribution in [3.63, 3.8) is 0 Å². The van der Waals surface area contributed by atoms with Crippen LogP contribution in [0.25, 0.3) is 10.4 Å². The van der Waals surface area contributed by atoms with Crippen LogP contribution < -0.4 is 15.4 Å². The number of hydrogen-bond acceptors (Lipinski definition) is 9. The zero-order valence-electron chi connectivity index (χ0n) is 27.2. The number of amides is 3. The Labute approximate surface area is 281 Å². The number of nitrogens with one attached hydrogen (secondary N) is 3. The van der Waals surface area contributed by atoms with Gasteiger partial charge in [-0.05, 0) is 64.9 Å². The van der Waals surface area contributed by atoms with Gasteiger partial charge in [0.1, 0.15) is 17.6 Å². The van der Waals surface area contributed by atoms with Crippen LogP contribution in [0.1, 0.15) is 78.6 Å². The summed E-state index contributed by atoms with van der Waals surface area (Å²) in [6, 6.07) is 8.42. The first-order valence-corrected chi connectivity index (χ1v) is 19.0. The predicted molar refractivity (Wildman–Crippen MR) is 181 cm³/mol. The molecule has 4 aliphatic rings. The Bertz CT molecular complexity index is 1620. The molecule has 2 aliphatic carbocycles. The van der Waals surface area contributed by atoms with Crippen LogP contribution >= 0.6 is 11.3 Å². The Kier molecular flexibility index (Phi) is 9.52. The number of aromatic nitrogens is 1. The maximum Gasteiger partial charge on any atom is 0.259 e. The van der Waals surface area contributed by atoms with Crippen molar-refractivity contribution in [2.24, 2.45) is 5.92 Å².